The molecule has 0 bridgehead atoms. The summed E-state index contributed by atoms with van der Waals surface area (Å²) in [5.74, 6) is -0.181. The number of hydrogen-bond acceptors (Lipinski definition) is 2. The summed E-state index contributed by atoms with van der Waals surface area (Å²) in [7, 11) is 0. The number of halogens is 1. The highest BCUT2D eigenvalue weighted by Gasteiger charge is 2.35. The lowest BCUT2D eigenvalue weighted by atomic mass is 9.68. The summed E-state index contributed by atoms with van der Waals surface area (Å²) in [5.41, 5.74) is 7.40. The van der Waals surface area contributed by atoms with Crippen molar-refractivity contribution in [1.29, 1.82) is 0 Å². The first kappa shape index (κ1) is 12.8. The first-order valence-electron chi connectivity index (χ1n) is 7.49. The number of nitrogens with zero attached hydrogens (tertiary/aromatic N) is 1. The van der Waals surface area contributed by atoms with Gasteiger partial charge in [0.1, 0.15) is 5.82 Å². The molecule has 1 heterocycles. The first-order chi connectivity index (χ1) is 9.19. The Morgan fingerprint density at radius 2 is 1.68 bits per heavy atom. The number of benzene rings is 1. The zero-order valence-corrected chi connectivity index (χ0v) is 11.5. The number of anilines is 2. The molecule has 19 heavy (non-hydrogen) atoms. The molecule has 2 nitrogen and oxygen atoms in total. The molecule has 2 aliphatic rings. The van der Waals surface area contributed by atoms with Crippen LogP contribution >= 0.6 is 0 Å². The molecule has 3 heteroatoms. The van der Waals surface area contributed by atoms with Crippen LogP contribution in [0.1, 0.15) is 44.9 Å². The van der Waals surface area contributed by atoms with Gasteiger partial charge in [0.25, 0.3) is 0 Å². The molecule has 0 unspecified atom stereocenters. The van der Waals surface area contributed by atoms with Gasteiger partial charge in [0.2, 0.25) is 0 Å². The van der Waals surface area contributed by atoms with Crippen molar-refractivity contribution in [2.24, 2.45) is 5.41 Å². The summed E-state index contributed by atoms with van der Waals surface area (Å²) in [6.07, 6.45) is 9.37. The minimum Gasteiger partial charge on any atom is -0.399 e. The van der Waals surface area contributed by atoms with E-state index in [9.17, 15) is 4.39 Å². The fourth-order valence-corrected chi connectivity index (χ4v) is 3.80. The lowest BCUT2D eigenvalue weighted by Gasteiger charge is -2.45. The van der Waals surface area contributed by atoms with Crippen molar-refractivity contribution < 1.29 is 4.39 Å². The summed E-state index contributed by atoms with van der Waals surface area (Å²) >= 11 is 0. The summed E-state index contributed by atoms with van der Waals surface area (Å²) in [6, 6.07) is 5.05. The Hall–Kier alpha value is -1.25. The molecule has 0 atom stereocenters. The topological polar surface area (TPSA) is 29.3 Å². The van der Waals surface area contributed by atoms with E-state index in [0.29, 0.717) is 11.1 Å². The van der Waals surface area contributed by atoms with Gasteiger partial charge >= 0.3 is 0 Å². The molecule has 1 aromatic rings. The molecule has 104 valence electrons. The van der Waals surface area contributed by atoms with Gasteiger partial charge in [0.15, 0.2) is 0 Å². The van der Waals surface area contributed by atoms with Crippen molar-refractivity contribution >= 4 is 11.4 Å². The van der Waals surface area contributed by atoms with Gasteiger partial charge in [-0.05, 0) is 49.3 Å². The molecule has 3 rings (SSSR count). The standard InChI is InChI=1S/C16H23FN2/c17-14-12-13(18)4-5-15(14)19-10-8-16(9-11-19)6-2-1-3-7-16/h4-5,12H,1-3,6-11,18H2. The molecule has 2 N–H and O–H groups in total. The average molecular weight is 262 g/mol. The van der Waals surface area contributed by atoms with Gasteiger partial charge in [-0.2, -0.15) is 0 Å². The third-order valence-electron chi connectivity index (χ3n) is 5.05. The average Bonchev–Trinajstić information content (AvgIpc) is 2.41. The Morgan fingerprint density at radius 1 is 1.00 bits per heavy atom. The van der Waals surface area contributed by atoms with Gasteiger partial charge in [-0.25, -0.2) is 4.39 Å². The van der Waals surface area contributed by atoms with E-state index < -0.39 is 0 Å². The molecule has 2 fully saturated rings. The van der Waals surface area contributed by atoms with E-state index in [2.05, 4.69) is 4.90 Å². The Bertz CT molecular complexity index is 442. The van der Waals surface area contributed by atoms with Gasteiger partial charge in [0, 0.05) is 18.8 Å². The van der Waals surface area contributed by atoms with E-state index in [-0.39, 0.29) is 5.82 Å². The summed E-state index contributed by atoms with van der Waals surface area (Å²) in [6.45, 7) is 1.97. The molecule has 0 aromatic heterocycles. The minimum absolute atomic E-state index is 0.181. The van der Waals surface area contributed by atoms with Gasteiger partial charge in [0.05, 0.1) is 5.69 Å². The largest absolute Gasteiger partial charge is 0.399 e. The smallest absolute Gasteiger partial charge is 0.148 e. The summed E-state index contributed by atoms with van der Waals surface area (Å²) in [4.78, 5) is 2.19. The van der Waals surface area contributed by atoms with Crippen molar-refractivity contribution in [1.82, 2.24) is 0 Å². The lowest BCUT2D eigenvalue weighted by molar-refractivity contribution is 0.144. The SMILES string of the molecule is Nc1ccc(N2CCC3(CCCCC3)CC2)c(F)c1. The fourth-order valence-electron chi connectivity index (χ4n) is 3.80. The van der Waals surface area contributed by atoms with Crippen LogP contribution in [-0.2, 0) is 0 Å². The predicted molar refractivity (Wildman–Crippen MR) is 77.8 cm³/mol. The van der Waals surface area contributed by atoms with Crippen LogP contribution in [0.2, 0.25) is 0 Å². The maximum absolute atomic E-state index is 13.9. The van der Waals surface area contributed by atoms with Crippen molar-refractivity contribution in [3.05, 3.63) is 24.0 Å². The molecule has 0 radical (unpaired) electrons. The number of nitrogens with two attached hydrogens (primary N) is 1. The van der Waals surface area contributed by atoms with Crippen LogP contribution in [0, 0.1) is 11.2 Å². The van der Waals surface area contributed by atoms with Crippen LogP contribution in [-0.4, -0.2) is 13.1 Å². The van der Waals surface area contributed by atoms with Gasteiger partial charge in [-0.1, -0.05) is 19.3 Å². The number of piperidine rings is 1. The summed E-state index contributed by atoms with van der Waals surface area (Å²) in [5, 5.41) is 0. The maximum Gasteiger partial charge on any atom is 0.148 e. The Balaban J connectivity index is 1.69. The molecule has 1 saturated heterocycles. The number of rotatable bonds is 1. The number of nitrogen functional groups attached to an aromatic ring is 1. The van der Waals surface area contributed by atoms with Crippen LogP contribution in [0.25, 0.3) is 0 Å². The lowest BCUT2D eigenvalue weighted by Crippen LogP contribution is -2.41. The third-order valence-corrected chi connectivity index (χ3v) is 5.05. The first-order valence-corrected chi connectivity index (χ1v) is 7.49. The highest BCUT2D eigenvalue weighted by Crippen LogP contribution is 2.45. The van der Waals surface area contributed by atoms with Crippen LogP contribution < -0.4 is 10.6 Å². The van der Waals surface area contributed by atoms with Crippen molar-refractivity contribution in [3.8, 4) is 0 Å². The van der Waals surface area contributed by atoms with E-state index in [0.717, 1.165) is 18.8 Å². The van der Waals surface area contributed by atoms with Crippen LogP contribution in [0.15, 0.2) is 18.2 Å². The second-order valence-corrected chi connectivity index (χ2v) is 6.26. The second-order valence-electron chi connectivity index (χ2n) is 6.26. The maximum atomic E-state index is 13.9. The van der Waals surface area contributed by atoms with E-state index in [1.807, 2.05) is 6.07 Å². The van der Waals surface area contributed by atoms with Crippen LogP contribution in [0.4, 0.5) is 15.8 Å². The molecule has 1 aliphatic heterocycles. The quantitative estimate of drug-likeness (QED) is 0.776. The van der Waals surface area contributed by atoms with E-state index in [1.165, 1.54) is 51.0 Å². The molecular weight excluding hydrogens is 239 g/mol. The fraction of sp³-hybridized carbons (Fsp3) is 0.625. The van der Waals surface area contributed by atoms with Gasteiger partial charge in [-0.3, -0.25) is 0 Å². The van der Waals surface area contributed by atoms with Crippen molar-refractivity contribution in [2.75, 3.05) is 23.7 Å². The van der Waals surface area contributed by atoms with E-state index >= 15 is 0 Å². The van der Waals surface area contributed by atoms with Crippen molar-refractivity contribution in [3.63, 3.8) is 0 Å². The Morgan fingerprint density at radius 3 is 2.32 bits per heavy atom. The molecule has 1 spiro atoms. The molecule has 1 saturated carbocycles. The normalized spacial score (nSPS) is 22.7. The van der Waals surface area contributed by atoms with Crippen molar-refractivity contribution in [2.45, 2.75) is 44.9 Å². The second kappa shape index (κ2) is 5.03. The molecule has 0 amide bonds. The molecular formula is C16H23FN2. The van der Waals surface area contributed by atoms with Crippen LogP contribution in [0.5, 0.6) is 0 Å². The zero-order valence-electron chi connectivity index (χ0n) is 11.5. The highest BCUT2D eigenvalue weighted by atomic mass is 19.1. The Kier molecular flexibility index (Phi) is 3.38. The van der Waals surface area contributed by atoms with Gasteiger partial charge in [-0.15, -0.1) is 0 Å². The molecule has 1 aliphatic carbocycles. The summed E-state index contributed by atoms with van der Waals surface area (Å²) < 4.78 is 13.9. The minimum atomic E-state index is -0.181. The monoisotopic (exact) mass is 262 g/mol. The van der Waals surface area contributed by atoms with Gasteiger partial charge < -0.3 is 10.6 Å². The third kappa shape index (κ3) is 2.56. The zero-order chi connectivity index (χ0) is 13.3. The van der Waals surface area contributed by atoms with Crippen LogP contribution in [0.3, 0.4) is 0 Å². The van der Waals surface area contributed by atoms with E-state index in [4.69, 9.17) is 5.73 Å². The molecule has 1 aromatic carbocycles. The predicted octanol–water partition coefficient (Wildman–Crippen LogP) is 3.96. The number of hydrogen-bond donors (Lipinski definition) is 1. The highest BCUT2D eigenvalue weighted by molar-refractivity contribution is 5.54. The van der Waals surface area contributed by atoms with E-state index in [1.54, 1.807) is 6.07 Å². The Labute approximate surface area is 114 Å².